The van der Waals surface area contributed by atoms with E-state index in [0.29, 0.717) is 37.1 Å². The minimum atomic E-state index is -0.897. The Balaban J connectivity index is 1.97. The van der Waals surface area contributed by atoms with E-state index in [1.807, 2.05) is 39.8 Å². The molecule has 1 atom stereocenters. The molecule has 1 aromatic heterocycles. The molecule has 1 aliphatic heterocycles. The first-order valence-corrected chi connectivity index (χ1v) is 12.2. The van der Waals surface area contributed by atoms with Crippen LogP contribution in [0.15, 0.2) is 34.8 Å². The number of rotatable bonds is 13. The van der Waals surface area contributed by atoms with Gasteiger partial charge in [0, 0.05) is 50.0 Å². The maximum absolute atomic E-state index is 13.8. The van der Waals surface area contributed by atoms with Crippen molar-refractivity contribution in [3.05, 3.63) is 41.2 Å². The van der Waals surface area contributed by atoms with E-state index < -0.39 is 11.7 Å². The average Bonchev–Trinajstić information content (AvgIpc) is 3.40. The Bertz CT molecular complexity index is 1130. The summed E-state index contributed by atoms with van der Waals surface area (Å²) in [5.41, 5.74) is 1.91. The molecule has 36 heavy (non-hydrogen) atoms. The molecule has 0 fully saturated rings. The van der Waals surface area contributed by atoms with Crippen LogP contribution in [0.3, 0.4) is 0 Å². The standard InChI is InChI=1S/C26H35N7O3/c1-7-8-10-26(29-30-26)11-9-22(34)33(15-14-32-13-12-27-31-32)23(25(35)28-18(2)3)21-17-19(4)16-20(5)24(21)36-6/h1,12-13,16-18,23H,8-11,14-15H2,2-6H3,(H,28,35). The second-order valence-corrected chi connectivity index (χ2v) is 9.41. The summed E-state index contributed by atoms with van der Waals surface area (Å²) in [4.78, 5) is 29.0. The van der Waals surface area contributed by atoms with Crippen LogP contribution < -0.4 is 10.1 Å². The number of nitrogens with one attached hydrogen (secondary N) is 1. The molecule has 0 bridgehead atoms. The number of methoxy groups -OCH3 is 1. The topological polar surface area (TPSA) is 114 Å². The molecule has 1 aliphatic rings. The number of terminal acetylenes is 1. The summed E-state index contributed by atoms with van der Waals surface area (Å²) in [5.74, 6) is 2.73. The number of carbonyl (C=O) groups excluding carboxylic acids is 2. The zero-order valence-electron chi connectivity index (χ0n) is 21.7. The van der Waals surface area contributed by atoms with Crippen LogP contribution in [-0.4, -0.2) is 57.1 Å². The van der Waals surface area contributed by atoms with Crippen LogP contribution in [0.25, 0.3) is 0 Å². The number of nitrogens with zero attached hydrogens (tertiary/aromatic N) is 6. The zero-order chi connectivity index (χ0) is 26.3. The second kappa shape index (κ2) is 11.8. The predicted molar refractivity (Wildman–Crippen MR) is 135 cm³/mol. The van der Waals surface area contributed by atoms with Crippen molar-refractivity contribution in [2.75, 3.05) is 13.7 Å². The maximum Gasteiger partial charge on any atom is 0.247 e. The highest BCUT2D eigenvalue weighted by molar-refractivity contribution is 5.89. The third-order valence-corrected chi connectivity index (χ3v) is 6.09. The van der Waals surface area contributed by atoms with Gasteiger partial charge in [0.05, 0.1) is 19.9 Å². The van der Waals surface area contributed by atoms with Gasteiger partial charge in [-0.1, -0.05) is 16.8 Å². The number of benzene rings is 1. The van der Waals surface area contributed by atoms with Crippen molar-refractivity contribution < 1.29 is 14.3 Å². The van der Waals surface area contributed by atoms with Crippen molar-refractivity contribution in [3.8, 4) is 18.1 Å². The summed E-state index contributed by atoms with van der Waals surface area (Å²) >= 11 is 0. The van der Waals surface area contributed by atoms with E-state index in [0.717, 1.165) is 11.1 Å². The average molecular weight is 494 g/mol. The molecule has 3 rings (SSSR count). The lowest BCUT2D eigenvalue weighted by atomic mass is 9.96. The van der Waals surface area contributed by atoms with Gasteiger partial charge in [-0.25, -0.2) is 0 Å². The minimum absolute atomic E-state index is 0.111. The summed E-state index contributed by atoms with van der Waals surface area (Å²) in [6.45, 7) is 8.29. The SMILES string of the molecule is C#CCCC1(CCC(=O)N(CCn2ccnn2)C(C(=O)NC(C)C)c2cc(C)cc(C)c2OC)N=N1. The smallest absolute Gasteiger partial charge is 0.247 e. The van der Waals surface area contributed by atoms with Gasteiger partial charge in [-0.3, -0.25) is 14.3 Å². The summed E-state index contributed by atoms with van der Waals surface area (Å²) in [7, 11) is 1.57. The van der Waals surface area contributed by atoms with E-state index in [-0.39, 0.29) is 30.8 Å². The van der Waals surface area contributed by atoms with Gasteiger partial charge in [-0.2, -0.15) is 10.2 Å². The lowest BCUT2D eigenvalue weighted by Gasteiger charge is -2.33. The maximum atomic E-state index is 13.8. The summed E-state index contributed by atoms with van der Waals surface area (Å²) < 4.78 is 7.36. The summed E-state index contributed by atoms with van der Waals surface area (Å²) in [6, 6.07) is 2.89. The van der Waals surface area contributed by atoms with Gasteiger partial charge in [0.15, 0.2) is 5.66 Å². The lowest BCUT2D eigenvalue weighted by molar-refractivity contribution is -0.141. The fourth-order valence-corrected chi connectivity index (χ4v) is 4.36. The predicted octanol–water partition coefficient (Wildman–Crippen LogP) is 3.35. The minimum Gasteiger partial charge on any atom is -0.496 e. The Morgan fingerprint density at radius 1 is 1.25 bits per heavy atom. The molecule has 10 nitrogen and oxygen atoms in total. The number of amides is 2. The van der Waals surface area contributed by atoms with Crippen molar-refractivity contribution in [1.29, 1.82) is 0 Å². The van der Waals surface area contributed by atoms with Gasteiger partial charge in [-0.05, 0) is 39.3 Å². The van der Waals surface area contributed by atoms with Gasteiger partial charge in [0.25, 0.3) is 0 Å². The Morgan fingerprint density at radius 3 is 2.58 bits per heavy atom. The molecule has 0 radical (unpaired) electrons. The van der Waals surface area contributed by atoms with Crippen molar-refractivity contribution in [2.45, 2.75) is 77.7 Å². The largest absolute Gasteiger partial charge is 0.496 e. The van der Waals surface area contributed by atoms with E-state index in [4.69, 9.17) is 11.2 Å². The Hall–Kier alpha value is -3.74. The molecule has 2 aromatic rings. The van der Waals surface area contributed by atoms with E-state index in [9.17, 15) is 9.59 Å². The van der Waals surface area contributed by atoms with Gasteiger partial charge < -0.3 is 15.0 Å². The number of aryl methyl sites for hydroxylation is 2. The fraction of sp³-hybridized carbons (Fsp3) is 0.538. The molecular weight excluding hydrogens is 458 g/mol. The molecule has 0 aliphatic carbocycles. The first-order valence-electron chi connectivity index (χ1n) is 12.2. The van der Waals surface area contributed by atoms with Crippen molar-refractivity contribution >= 4 is 11.8 Å². The molecule has 1 unspecified atom stereocenters. The quantitative estimate of drug-likeness (QED) is 0.430. The number of ether oxygens (including phenoxy) is 1. The van der Waals surface area contributed by atoms with Gasteiger partial charge >= 0.3 is 0 Å². The molecule has 2 amide bonds. The van der Waals surface area contributed by atoms with Crippen molar-refractivity contribution in [3.63, 3.8) is 0 Å². The normalized spacial score (nSPS) is 14.2. The van der Waals surface area contributed by atoms with Crippen molar-refractivity contribution in [1.82, 2.24) is 25.2 Å². The van der Waals surface area contributed by atoms with E-state index >= 15 is 0 Å². The van der Waals surface area contributed by atoms with Crippen LogP contribution in [0.2, 0.25) is 0 Å². The second-order valence-electron chi connectivity index (χ2n) is 9.41. The molecular formula is C26H35N7O3. The third-order valence-electron chi connectivity index (χ3n) is 6.09. The highest BCUT2D eigenvalue weighted by atomic mass is 16.5. The molecule has 10 heteroatoms. The van der Waals surface area contributed by atoms with E-state index in [1.54, 1.807) is 29.1 Å². The summed E-state index contributed by atoms with van der Waals surface area (Å²) in [5, 5.41) is 19.2. The molecule has 1 aromatic carbocycles. The summed E-state index contributed by atoms with van der Waals surface area (Å²) in [6.07, 6.45) is 10.5. The first kappa shape index (κ1) is 26.9. The highest BCUT2D eigenvalue weighted by Crippen LogP contribution is 2.39. The number of hydrogen-bond donors (Lipinski definition) is 1. The molecule has 1 N–H and O–H groups in total. The first-order chi connectivity index (χ1) is 17.2. The molecule has 0 saturated carbocycles. The van der Waals surface area contributed by atoms with Gasteiger partial charge in [-0.15, -0.1) is 17.4 Å². The fourth-order valence-electron chi connectivity index (χ4n) is 4.36. The van der Waals surface area contributed by atoms with Crippen LogP contribution in [-0.2, 0) is 16.1 Å². The Morgan fingerprint density at radius 2 is 2.00 bits per heavy atom. The zero-order valence-corrected chi connectivity index (χ0v) is 21.7. The Labute approximate surface area is 212 Å². The lowest BCUT2D eigenvalue weighted by Crippen LogP contribution is -2.47. The van der Waals surface area contributed by atoms with E-state index in [2.05, 4.69) is 31.8 Å². The van der Waals surface area contributed by atoms with Crippen LogP contribution in [0, 0.1) is 26.2 Å². The van der Waals surface area contributed by atoms with E-state index in [1.165, 1.54) is 0 Å². The van der Waals surface area contributed by atoms with Gasteiger partial charge in [0.1, 0.15) is 11.8 Å². The van der Waals surface area contributed by atoms with Crippen LogP contribution >= 0.6 is 0 Å². The Kier molecular flexibility index (Phi) is 8.80. The molecule has 2 heterocycles. The molecule has 0 spiro atoms. The number of carbonyl (C=O) groups is 2. The molecule has 0 saturated heterocycles. The van der Waals surface area contributed by atoms with Gasteiger partial charge in [0.2, 0.25) is 11.8 Å². The van der Waals surface area contributed by atoms with Crippen molar-refractivity contribution in [2.24, 2.45) is 10.2 Å². The van der Waals surface area contributed by atoms with Crippen LogP contribution in [0.5, 0.6) is 5.75 Å². The van der Waals surface area contributed by atoms with Crippen LogP contribution in [0.1, 0.15) is 62.3 Å². The monoisotopic (exact) mass is 493 g/mol. The van der Waals surface area contributed by atoms with Crippen LogP contribution in [0.4, 0.5) is 0 Å². The number of hydrogen-bond acceptors (Lipinski definition) is 7. The number of aromatic nitrogens is 3. The molecule has 192 valence electrons. The highest BCUT2D eigenvalue weighted by Gasteiger charge is 2.41. The third kappa shape index (κ3) is 6.68.